The average molecular weight is 250 g/mol. The van der Waals surface area contributed by atoms with Crippen molar-refractivity contribution < 1.29 is 9.59 Å². The van der Waals surface area contributed by atoms with E-state index < -0.39 is 6.04 Å². The Labute approximate surface area is 102 Å². The molecule has 6 heteroatoms. The molecule has 2 unspecified atom stereocenters. The number of carbonyl (C=O) groups is 2. The molecule has 5 nitrogen and oxygen atoms in total. The Morgan fingerprint density at radius 3 is 2.62 bits per heavy atom. The number of rotatable bonds is 3. The molecule has 1 saturated heterocycles. The summed E-state index contributed by atoms with van der Waals surface area (Å²) in [6.07, 6.45) is 1.17. The van der Waals surface area contributed by atoms with Crippen molar-refractivity contribution in [1.29, 1.82) is 0 Å². The predicted molar refractivity (Wildman–Crippen MR) is 64.2 cm³/mol. The zero-order valence-electron chi connectivity index (χ0n) is 9.66. The highest BCUT2D eigenvalue weighted by Crippen LogP contribution is 2.04. The van der Waals surface area contributed by atoms with Gasteiger partial charge < -0.3 is 16.4 Å². The molecule has 94 valence electrons. The quantitative estimate of drug-likeness (QED) is 0.647. The normalized spacial score (nSPS) is 22.0. The Bertz CT molecular complexity index is 248. The molecule has 0 radical (unpaired) electrons. The minimum atomic E-state index is -0.470. The Kier molecular flexibility index (Phi) is 6.36. The summed E-state index contributed by atoms with van der Waals surface area (Å²) in [5, 5.41) is 5.55. The van der Waals surface area contributed by atoms with Gasteiger partial charge in [0, 0.05) is 19.0 Å². The van der Waals surface area contributed by atoms with Gasteiger partial charge in [-0.1, -0.05) is 13.8 Å². The van der Waals surface area contributed by atoms with Gasteiger partial charge in [0.05, 0.1) is 6.04 Å². The van der Waals surface area contributed by atoms with Crippen LogP contribution in [0.5, 0.6) is 0 Å². The van der Waals surface area contributed by atoms with Gasteiger partial charge in [0.25, 0.3) is 0 Å². The molecule has 4 N–H and O–H groups in total. The molecule has 0 spiro atoms. The Hall–Kier alpha value is -0.810. The first kappa shape index (κ1) is 15.2. The second kappa shape index (κ2) is 6.70. The maximum Gasteiger partial charge on any atom is 0.237 e. The first-order valence-corrected chi connectivity index (χ1v) is 5.33. The summed E-state index contributed by atoms with van der Waals surface area (Å²) in [7, 11) is 0. The van der Waals surface area contributed by atoms with Crippen LogP contribution < -0.4 is 16.4 Å². The Morgan fingerprint density at radius 2 is 2.19 bits per heavy atom. The number of piperidine rings is 1. The highest BCUT2D eigenvalue weighted by Gasteiger charge is 2.23. The van der Waals surface area contributed by atoms with Crippen LogP contribution >= 0.6 is 12.4 Å². The molecule has 0 aromatic carbocycles. The Balaban J connectivity index is 0.00000225. The van der Waals surface area contributed by atoms with E-state index in [4.69, 9.17) is 5.73 Å². The summed E-state index contributed by atoms with van der Waals surface area (Å²) in [4.78, 5) is 22.5. The zero-order chi connectivity index (χ0) is 11.4. The fourth-order valence-corrected chi connectivity index (χ4v) is 1.46. The van der Waals surface area contributed by atoms with E-state index in [1.807, 2.05) is 13.8 Å². The Morgan fingerprint density at radius 1 is 1.56 bits per heavy atom. The van der Waals surface area contributed by atoms with Crippen LogP contribution in [-0.2, 0) is 9.59 Å². The smallest absolute Gasteiger partial charge is 0.237 e. The van der Waals surface area contributed by atoms with Crippen LogP contribution in [0.3, 0.4) is 0 Å². The number of amides is 2. The van der Waals surface area contributed by atoms with E-state index in [9.17, 15) is 9.59 Å². The summed E-state index contributed by atoms with van der Waals surface area (Å²) in [5.74, 6) is 0.0444. The number of nitrogens with one attached hydrogen (secondary N) is 2. The molecule has 16 heavy (non-hydrogen) atoms. The van der Waals surface area contributed by atoms with Crippen LogP contribution in [-0.4, -0.2) is 30.4 Å². The van der Waals surface area contributed by atoms with Gasteiger partial charge in [-0.15, -0.1) is 12.4 Å². The fraction of sp³-hybridized carbons (Fsp3) is 0.800. The van der Waals surface area contributed by atoms with E-state index in [2.05, 4.69) is 10.6 Å². The van der Waals surface area contributed by atoms with Crippen LogP contribution in [0.25, 0.3) is 0 Å². The number of nitrogens with two attached hydrogens (primary N) is 1. The van der Waals surface area contributed by atoms with Gasteiger partial charge in [-0.25, -0.2) is 0 Å². The molecular formula is C10H20ClN3O2. The lowest BCUT2D eigenvalue weighted by molar-refractivity contribution is -0.126. The van der Waals surface area contributed by atoms with E-state index in [-0.39, 0.29) is 36.2 Å². The van der Waals surface area contributed by atoms with Crippen LogP contribution in [0.1, 0.15) is 26.7 Å². The molecule has 0 aromatic rings. The molecular weight excluding hydrogens is 230 g/mol. The molecule has 0 aromatic heterocycles. The molecule has 1 rings (SSSR count). The molecule has 2 amide bonds. The second-order valence-corrected chi connectivity index (χ2v) is 4.32. The van der Waals surface area contributed by atoms with Crippen molar-refractivity contribution in [3.8, 4) is 0 Å². The van der Waals surface area contributed by atoms with Crippen molar-refractivity contribution in [3.63, 3.8) is 0 Å². The molecule has 1 aliphatic heterocycles. The standard InChI is InChI=1S/C10H19N3O2.ClH/c1-6(2)9(11)10(15)13-7-3-4-8(14)12-5-7;/h6-7,9H,3-5,11H2,1-2H3,(H,12,14)(H,13,15);1H. The maximum atomic E-state index is 11.6. The van der Waals surface area contributed by atoms with E-state index >= 15 is 0 Å². The first-order chi connectivity index (χ1) is 7.00. The van der Waals surface area contributed by atoms with Gasteiger partial charge in [-0.3, -0.25) is 9.59 Å². The highest BCUT2D eigenvalue weighted by atomic mass is 35.5. The van der Waals surface area contributed by atoms with E-state index in [1.165, 1.54) is 0 Å². The molecule has 1 heterocycles. The van der Waals surface area contributed by atoms with Crippen LogP contribution in [0.15, 0.2) is 0 Å². The van der Waals surface area contributed by atoms with E-state index in [0.29, 0.717) is 19.4 Å². The summed E-state index contributed by atoms with van der Waals surface area (Å²) in [5.41, 5.74) is 5.71. The summed E-state index contributed by atoms with van der Waals surface area (Å²) in [6, 6.07) is -0.442. The van der Waals surface area contributed by atoms with E-state index in [1.54, 1.807) is 0 Å². The van der Waals surface area contributed by atoms with Crippen molar-refractivity contribution in [3.05, 3.63) is 0 Å². The van der Waals surface area contributed by atoms with Gasteiger partial charge in [0.1, 0.15) is 0 Å². The van der Waals surface area contributed by atoms with Crippen molar-refractivity contribution in [2.45, 2.75) is 38.8 Å². The predicted octanol–water partition coefficient (Wildman–Crippen LogP) is -0.214. The lowest BCUT2D eigenvalue weighted by Crippen LogP contribution is -2.53. The lowest BCUT2D eigenvalue weighted by atomic mass is 10.0. The minimum Gasteiger partial charge on any atom is -0.354 e. The molecule has 1 fully saturated rings. The van der Waals surface area contributed by atoms with E-state index in [0.717, 1.165) is 0 Å². The first-order valence-electron chi connectivity index (χ1n) is 5.33. The van der Waals surface area contributed by atoms with Gasteiger partial charge in [-0.2, -0.15) is 0 Å². The van der Waals surface area contributed by atoms with Gasteiger partial charge in [0.2, 0.25) is 11.8 Å². The topological polar surface area (TPSA) is 84.2 Å². The molecule has 2 atom stereocenters. The maximum absolute atomic E-state index is 11.6. The average Bonchev–Trinajstić information content (AvgIpc) is 2.20. The summed E-state index contributed by atoms with van der Waals surface area (Å²) < 4.78 is 0. The third-order valence-corrected chi connectivity index (χ3v) is 2.63. The molecule has 0 saturated carbocycles. The SMILES string of the molecule is CC(C)C(N)C(=O)NC1CCC(=O)NC1.Cl. The van der Waals surface area contributed by atoms with Crippen LogP contribution in [0, 0.1) is 5.92 Å². The summed E-state index contributed by atoms with van der Waals surface area (Å²) in [6.45, 7) is 4.33. The summed E-state index contributed by atoms with van der Waals surface area (Å²) >= 11 is 0. The minimum absolute atomic E-state index is 0. The van der Waals surface area contributed by atoms with Crippen molar-refractivity contribution in [1.82, 2.24) is 10.6 Å². The van der Waals surface area contributed by atoms with Crippen molar-refractivity contribution >= 4 is 24.2 Å². The molecule has 1 aliphatic rings. The number of hydrogen-bond acceptors (Lipinski definition) is 3. The molecule has 0 bridgehead atoms. The zero-order valence-corrected chi connectivity index (χ0v) is 10.5. The monoisotopic (exact) mass is 249 g/mol. The van der Waals surface area contributed by atoms with Gasteiger partial charge >= 0.3 is 0 Å². The van der Waals surface area contributed by atoms with Crippen LogP contribution in [0.4, 0.5) is 0 Å². The second-order valence-electron chi connectivity index (χ2n) is 4.32. The highest BCUT2D eigenvalue weighted by molar-refractivity contribution is 5.85. The fourth-order valence-electron chi connectivity index (χ4n) is 1.46. The largest absolute Gasteiger partial charge is 0.354 e. The van der Waals surface area contributed by atoms with Gasteiger partial charge in [0.15, 0.2) is 0 Å². The number of halogens is 1. The van der Waals surface area contributed by atoms with Crippen LogP contribution in [0.2, 0.25) is 0 Å². The number of carbonyl (C=O) groups excluding carboxylic acids is 2. The third-order valence-electron chi connectivity index (χ3n) is 2.63. The number of hydrogen-bond donors (Lipinski definition) is 3. The van der Waals surface area contributed by atoms with Gasteiger partial charge in [-0.05, 0) is 12.3 Å². The van der Waals surface area contributed by atoms with Crippen molar-refractivity contribution in [2.75, 3.05) is 6.54 Å². The van der Waals surface area contributed by atoms with Crippen molar-refractivity contribution in [2.24, 2.45) is 11.7 Å². The molecule has 0 aliphatic carbocycles. The lowest BCUT2D eigenvalue weighted by Gasteiger charge is -2.25. The third kappa shape index (κ3) is 4.37.